The number of rotatable bonds is 4. The predicted octanol–water partition coefficient (Wildman–Crippen LogP) is 10.9. The molecule has 0 radical (unpaired) electrons. The normalized spacial score (nSPS) is 18.4. The van der Waals surface area contributed by atoms with E-state index in [0.29, 0.717) is 12.0 Å². The minimum absolute atomic E-state index is 0.0430. The molecular weight excluding hydrogens is 556 g/mol. The Morgan fingerprint density at radius 3 is 2.00 bits per heavy atom. The lowest BCUT2D eigenvalue weighted by Gasteiger charge is -2.28. The summed E-state index contributed by atoms with van der Waals surface area (Å²) < 4.78 is 0. The highest BCUT2D eigenvalue weighted by Gasteiger charge is 2.43. The van der Waals surface area contributed by atoms with Gasteiger partial charge in [-0.25, -0.2) is 4.98 Å². The first-order valence-electron chi connectivity index (χ1n) is 16.2. The second-order valence-electron chi connectivity index (χ2n) is 13.3. The summed E-state index contributed by atoms with van der Waals surface area (Å²) >= 11 is 0. The van der Waals surface area contributed by atoms with Gasteiger partial charge in [0.25, 0.3) is 0 Å². The van der Waals surface area contributed by atoms with E-state index in [1.165, 1.54) is 55.8 Å². The summed E-state index contributed by atoms with van der Waals surface area (Å²) in [5.74, 6) is 0.352. The molecule has 0 saturated heterocycles. The zero-order chi connectivity index (χ0) is 30.8. The molecule has 0 amide bonds. The molecule has 2 heteroatoms. The van der Waals surface area contributed by atoms with E-state index in [4.69, 9.17) is 4.98 Å². The first kappa shape index (κ1) is 26.9. The van der Waals surface area contributed by atoms with Gasteiger partial charge >= 0.3 is 0 Å². The van der Waals surface area contributed by atoms with Crippen LogP contribution in [0.1, 0.15) is 36.5 Å². The van der Waals surface area contributed by atoms with Crippen LogP contribution in [0.15, 0.2) is 157 Å². The number of nitrogens with one attached hydrogen (secondary N) is 1. The maximum Gasteiger partial charge on any atom is 0.0715 e. The number of benzene rings is 5. The number of hydrogen-bond donors (Lipinski definition) is 1. The van der Waals surface area contributed by atoms with Crippen molar-refractivity contribution >= 4 is 11.3 Å². The van der Waals surface area contributed by atoms with Gasteiger partial charge in [0, 0.05) is 28.1 Å². The van der Waals surface area contributed by atoms with E-state index in [2.05, 4.69) is 171 Å². The van der Waals surface area contributed by atoms with Gasteiger partial charge in [-0.05, 0) is 80.4 Å². The Bertz CT molecular complexity index is 2150. The number of pyridine rings is 1. The lowest BCUT2D eigenvalue weighted by Crippen LogP contribution is -2.24. The Balaban J connectivity index is 1.14. The monoisotopic (exact) mass is 590 g/mol. The zero-order valence-corrected chi connectivity index (χ0v) is 26.0. The maximum absolute atomic E-state index is 5.19. The average molecular weight is 591 g/mol. The standard InChI is InChI=1S/C44H34N2/c1-44(2)38-21-20-31(23-35(38)36-26-37-34-18-9-10-19-40(34)45-43(37)27-39(36)44)30-16-11-17-32(22-30)42-25-33(28-12-5-3-6-13-28)24-41(46-42)29-14-7-4-8-15-29/h3-27,37,43,45H,1-2H3. The molecule has 2 atom stereocenters. The van der Waals surface area contributed by atoms with E-state index >= 15 is 0 Å². The minimum atomic E-state index is -0.0430. The van der Waals surface area contributed by atoms with E-state index in [-0.39, 0.29) is 5.41 Å². The van der Waals surface area contributed by atoms with Gasteiger partial charge in [0.05, 0.1) is 17.4 Å². The van der Waals surface area contributed by atoms with Crippen LogP contribution in [0, 0.1) is 0 Å². The molecule has 0 bridgehead atoms. The van der Waals surface area contributed by atoms with Crippen molar-refractivity contribution in [1.82, 2.24) is 4.98 Å². The number of anilines is 1. The van der Waals surface area contributed by atoms with Crippen molar-refractivity contribution in [3.05, 3.63) is 174 Å². The fourth-order valence-electron chi connectivity index (χ4n) is 7.77. The summed E-state index contributed by atoms with van der Waals surface area (Å²) in [6, 6.07) is 50.5. The highest BCUT2D eigenvalue weighted by Crippen LogP contribution is 2.55. The fraction of sp³-hybridized carbons (Fsp3) is 0.114. The molecule has 9 rings (SSSR count). The van der Waals surface area contributed by atoms with E-state index in [0.717, 1.165) is 22.5 Å². The maximum atomic E-state index is 5.19. The molecule has 6 aromatic rings. The first-order valence-corrected chi connectivity index (χ1v) is 16.2. The number of aromatic nitrogens is 1. The first-order chi connectivity index (χ1) is 22.5. The van der Waals surface area contributed by atoms with Crippen LogP contribution in [-0.2, 0) is 5.41 Å². The Morgan fingerprint density at radius 1 is 0.543 bits per heavy atom. The van der Waals surface area contributed by atoms with Gasteiger partial charge in [0.1, 0.15) is 0 Å². The highest BCUT2D eigenvalue weighted by molar-refractivity contribution is 5.94. The van der Waals surface area contributed by atoms with Gasteiger partial charge in [0.15, 0.2) is 0 Å². The molecule has 220 valence electrons. The third-order valence-electron chi connectivity index (χ3n) is 10.2. The van der Waals surface area contributed by atoms with Crippen LogP contribution >= 0.6 is 0 Å². The molecule has 2 heterocycles. The quantitative estimate of drug-likeness (QED) is 0.221. The Morgan fingerprint density at radius 2 is 1.20 bits per heavy atom. The van der Waals surface area contributed by atoms with Crippen molar-refractivity contribution in [2.45, 2.75) is 31.2 Å². The van der Waals surface area contributed by atoms with Crippen LogP contribution in [0.3, 0.4) is 0 Å². The second kappa shape index (κ2) is 10.3. The smallest absolute Gasteiger partial charge is 0.0715 e. The molecule has 0 spiro atoms. The van der Waals surface area contributed by atoms with Crippen molar-refractivity contribution in [2.75, 3.05) is 5.32 Å². The van der Waals surface area contributed by atoms with Gasteiger partial charge < -0.3 is 5.32 Å². The molecule has 1 aliphatic heterocycles. The van der Waals surface area contributed by atoms with Gasteiger partial charge in [0.2, 0.25) is 0 Å². The molecular formula is C44H34N2. The minimum Gasteiger partial charge on any atom is -0.378 e. The Hall–Kier alpha value is -5.47. The molecule has 5 aromatic carbocycles. The van der Waals surface area contributed by atoms with Gasteiger partial charge in [-0.1, -0.05) is 135 Å². The van der Waals surface area contributed by atoms with Crippen molar-refractivity contribution in [3.8, 4) is 44.8 Å². The highest BCUT2D eigenvalue weighted by atomic mass is 15.0. The summed E-state index contributed by atoms with van der Waals surface area (Å²) in [4.78, 5) is 5.19. The summed E-state index contributed by atoms with van der Waals surface area (Å²) in [6.07, 6.45) is 5.02. The van der Waals surface area contributed by atoms with E-state index < -0.39 is 0 Å². The van der Waals surface area contributed by atoms with Crippen molar-refractivity contribution in [1.29, 1.82) is 0 Å². The third-order valence-corrected chi connectivity index (χ3v) is 10.2. The van der Waals surface area contributed by atoms with Crippen LogP contribution in [0.5, 0.6) is 0 Å². The zero-order valence-electron chi connectivity index (χ0n) is 26.0. The average Bonchev–Trinajstić information content (AvgIpc) is 3.59. The molecule has 0 fully saturated rings. The molecule has 0 saturated carbocycles. The summed E-state index contributed by atoms with van der Waals surface area (Å²) in [5, 5.41) is 3.77. The Kier molecular flexibility index (Phi) is 6.01. The van der Waals surface area contributed by atoms with E-state index in [1.807, 2.05) is 0 Å². The van der Waals surface area contributed by atoms with Gasteiger partial charge in [-0.2, -0.15) is 0 Å². The lowest BCUT2D eigenvalue weighted by atomic mass is 9.77. The molecule has 2 unspecified atom stereocenters. The van der Waals surface area contributed by atoms with Gasteiger partial charge in [-0.15, -0.1) is 0 Å². The lowest BCUT2D eigenvalue weighted by molar-refractivity contribution is 0.646. The van der Waals surface area contributed by atoms with Crippen LogP contribution in [-0.4, -0.2) is 11.0 Å². The number of nitrogens with zero attached hydrogens (tertiary/aromatic N) is 1. The SMILES string of the molecule is CC1(C)C2=CC3Nc4ccccc4C3C=C2c2cc(-c3cccc(-c4cc(-c5ccccc5)cc(-c5ccccc5)n4)c3)ccc21. The predicted molar refractivity (Wildman–Crippen MR) is 192 cm³/mol. The fourth-order valence-corrected chi connectivity index (χ4v) is 7.77. The van der Waals surface area contributed by atoms with Crippen LogP contribution in [0.4, 0.5) is 5.69 Å². The van der Waals surface area contributed by atoms with Crippen molar-refractivity contribution in [3.63, 3.8) is 0 Å². The van der Waals surface area contributed by atoms with Gasteiger partial charge in [-0.3, -0.25) is 0 Å². The Labute approximate surface area is 270 Å². The van der Waals surface area contributed by atoms with E-state index in [9.17, 15) is 0 Å². The summed E-state index contributed by atoms with van der Waals surface area (Å²) in [5.41, 5.74) is 17.2. The largest absolute Gasteiger partial charge is 0.378 e. The molecule has 2 nitrogen and oxygen atoms in total. The van der Waals surface area contributed by atoms with Crippen LogP contribution in [0.25, 0.3) is 50.3 Å². The third kappa shape index (κ3) is 4.29. The number of fused-ring (bicyclic) bond motifs is 6. The van der Waals surface area contributed by atoms with Crippen molar-refractivity contribution < 1.29 is 0 Å². The summed E-state index contributed by atoms with van der Waals surface area (Å²) in [7, 11) is 0. The van der Waals surface area contributed by atoms with Crippen molar-refractivity contribution in [2.24, 2.45) is 0 Å². The van der Waals surface area contributed by atoms with Crippen LogP contribution in [0.2, 0.25) is 0 Å². The molecule has 3 aliphatic rings. The molecule has 1 aromatic heterocycles. The number of para-hydroxylation sites is 1. The molecule has 46 heavy (non-hydrogen) atoms. The van der Waals surface area contributed by atoms with Crippen LogP contribution < -0.4 is 5.32 Å². The summed E-state index contributed by atoms with van der Waals surface area (Å²) in [6.45, 7) is 4.74. The number of allylic oxidation sites excluding steroid dienone is 2. The number of hydrogen-bond acceptors (Lipinski definition) is 2. The van der Waals surface area contributed by atoms with E-state index in [1.54, 1.807) is 0 Å². The molecule has 2 aliphatic carbocycles. The second-order valence-corrected chi connectivity index (χ2v) is 13.3. The topological polar surface area (TPSA) is 24.9 Å². The molecule has 1 N–H and O–H groups in total.